The van der Waals surface area contributed by atoms with Crippen LogP contribution in [0.15, 0.2) is 40.4 Å². The Bertz CT molecular complexity index is 1480. The second kappa shape index (κ2) is 8.26. The van der Waals surface area contributed by atoms with Crippen LogP contribution in [0.25, 0.3) is 22.2 Å². The molecule has 1 aliphatic rings. The standard InChI is InChI=1S/C23H26N8O2/c1-3-4-9-28-23(2)8-5-10-30(31-21(32)19-20(27-14-26-19)29-22(31)33)18(23)12-15-6-7-16-17(11-15)25-13-24-16/h6-7,11,13-14,18,28H,5,8-10,12H2,1-2H3,(H,24,25)(H,26,27)(H,29,33). The quantitative estimate of drug-likeness (QED) is 0.339. The summed E-state index contributed by atoms with van der Waals surface area (Å²) >= 11 is 0. The topological polar surface area (TPSA) is 127 Å². The van der Waals surface area contributed by atoms with Crippen LogP contribution in [-0.4, -0.2) is 54.3 Å². The van der Waals surface area contributed by atoms with Gasteiger partial charge in [0.25, 0.3) is 0 Å². The second-order valence-electron chi connectivity index (χ2n) is 8.61. The van der Waals surface area contributed by atoms with Gasteiger partial charge < -0.3 is 15.0 Å². The minimum Gasteiger partial charge on any atom is -0.345 e. The van der Waals surface area contributed by atoms with Gasteiger partial charge in [0.15, 0.2) is 11.2 Å². The molecule has 4 aromatic rings. The summed E-state index contributed by atoms with van der Waals surface area (Å²) in [7, 11) is 0. The number of hydrogen-bond acceptors (Lipinski definition) is 6. The van der Waals surface area contributed by atoms with Gasteiger partial charge in [-0.2, -0.15) is 4.68 Å². The molecular weight excluding hydrogens is 420 g/mol. The lowest BCUT2D eigenvalue weighted by molar-refractivity contribution is 0.199. The van der Waals surface area contributed by atoms with Gasteiger partial charge in [0.2, 0.25) is 0 Å². The third-order valence-electron chi connectivity index (χ3n) is 6.57. The van der Waals surface area contributed by atoms with Gasteiger partial charge in [-0.1, -0.05) is 12.0 Å². The average molecular weight is 447 g/mol. The summed E-state index contributed by atoms with van der Waals surface area (Å²) in [5.41, 5.74) is 2.21. The number of rotatable bonds is 5. The van der Waals surface area contributed by atoms with Gasteiger partial charge in [0.1, 0.15) is 0 Å². The number of H-pyrrole nitrogens is 3. The number of fused-ring (bicyclic) bond motifs is 2. The Morgan fingerprint density at radius 1 is 1.24 bits per heavy atom. The molecule has 3 aromatic heterocycles. The molecule has 0 amide bonds. The molecule has 0 radical (unpaired) electrons. The van der Waals surface area contributed by atoms with Crippen molar-refractivity contribution in [3.63, 3.8) is 0 Å². The Kier molecular flexibility index (Phi) is 5.26. The molecule has 1 aliphatic heterocycles. The molecule has 1 aromatic carbocycles. The molecule has 1 saturated heterocycles. The molecule has 0 spiro atoms. The highest BCUT2D eigenvalue weighted by Crippen LogP contribution is 2.29. The zero-order valence-corrected chi connectivity index (χ0v) is 18.6. The van der Waals surface area contributed by atoms with Gasteiger partial charge in [-0.15, -0.1) is 5.92 Å². The van der Waals surface area contributed by atoms with Crippen LogP contribution in [0.5, 0.6) is 0 Å². The van der Waals surface area contributed by atoms with E-state index in [1.54, 1.807) is 6.33 Å². The molecule has 0 saturated carbocycles. The fourth-order valence-corrected chi connectivity index (χ4v) is 4.84. The molecule has 4 N–H and O–H groups in total. The van der Waals surface area contributed by atoms with Crippen LogP contribution in [0.2, 0.25) is 0 Å². The van der Waals surface area contributed by atoms with E-state index >= 15 is 0 Å². The molecule has 10 nitrogen and oxygen atoms in total. The number of nitrogens with zero attached hydrogens (tertiary/aromatic N) is 4. The Balaban J connectivity index is 1.61. The summed E-state index contributed by atoms with van der Waals surface area (Å²) in [5, 5.41) is 5.49. The maximum absolute atomic E-state index is 13.3. The largest absolute Gasteiger partial charge is 0.349 e. The van der Waals surface area contributed by atoms with Crippen LogP contribution in [0.3, 0.4) is 0 Å². The summed E-state index contributed by atoms with van der Waals surface area (Å²) in [6.45, 7) is 5.06. The van der Waals surface area contributed by atoms with Crippen molar-refractivity contribution in [2.75, 3.05) is 18.1 Å². The van der Waals surface area contributed by atoms with Crippen molar-refractivity contribution in [3.05, 3.63) is 57.3 Å². The van der Waals surface area contributed by atoms with Crippen molar-refractivity contribution in [2.24, 2.45) is 0 Å². The van der Waals surface area contributed by atoms with E-state index in [0.29, 0.717) is 19.5 Å². The minimum atomic E-state index is -0.494. The van der Waals surface area contributed by atoms with E-state index in [1.807, 2.05) is 24.1 Å². The predicted molar refractivity (Wildman–Crippen MR) is 127 cm³/mol. The number of piperidine rings is 1. The first kappa shape index (κ1) is 21.0. The summed E-state index contributed by atoms with van der Waals surface area (Å²) in [6.07, 6.45) is 5.44. The molecule has 33 heavy (non-hydrogen) atoms. The van der Waals surface area contributed by atoms with Crippen molar-refractivity contribution < 1.29 is 0 Å². The van der Waals surface area contributed by atoms with Gasteiger partial charge in [0.05, 0.1) is 36.3 Å². The molecule has 170 valence electrons. The number of aromatic nitrogens is 6. The van der Waals surface area contributed by atoms with Crippen LogP contribution in [0.1, 0.15) is 32.3 Å². The first-order chi connectivity index (χ1) is 16.0. The maximum Gasteiger partial charge on any atom is 0.349 e. The molecule has 0 bridgehead atoms. The third kappa shape index (κ3) is 3.70. The first-order valence-electron chi connectivity index (χ1n) is 11.0. The fourth-order valence-electron chi connectivity index (χ4n) is 4.84. The third-order valence-corrected chi connectivity index (χ3v) is 6.57. The van der Waals surface area contributed by atoms with Gasteiger partial charge >= 0.3 is 11.2 Å². The number of aromatic amines is 3. The number of hydrogen-bond donors (Lipinski definition) is 4. The zero-order chi connectivity index (χ0) is 23.0. The highest BCUT2D eigenvalue weighted by Gasteiger charge is 2.42. The highest BCUT2D eigenvalue weighted by atomic mass is 16.2. The second-order valence-corrected chi connectivity index (χ2v) is 8.61. The Morgan fingerprint density at radius 2 is 2.09 bits per heavy atom. The van der Waals surface area contributed by atoms with Gasteiger partial charge in [-0.3, -0.25) is 15.1 Å². The minimum absolute atomic E-state index is 0.176. The Morgan fingerprint density at radius 3 is 2.94 bits per heavy atom. The molecule has 5 rings (SSSR count). The van der Waals surface area contributed by atoms with Crippen molar-refractivity contribution in [2.45, 2.75) is 44.7 Å². The molecule has 2 atom stereocenters. The predicted octanol–water partition coefficient (Wildman–Crippen LogP) is 1.00. The summed E-state index contributed by atoms with van der Waals surface area (Å²) < 4.78 is 1.23. The smallest absolute Gasteiger partial charge is 0.345 e. The Labute approximate surface area is 189 Å². The molecule has 10 heteroatoms. The first-order valence-corrected chi connectivity index (χ1v) is 11.0. The van der Waals surface area contributed by atoms with Crippen molar-refractivity contribution in [1.82, 2.24) is 34.9 Å². The average Bonchev–Trinajstić information content (AvgIpc) is 3.45. The molecule has 1 fully saturated rings. The molecular formula is C23H26N8O2. The van der Waals surface area contributed by atoms with Crippen LogP contribution < -0.4 is 21.6 Å². The van der Waals surface area contributed by atoms with Crippen molar-refractivity contribution in [1.29, 1.82) is 0 Å². The summed E-state index contributed by atoms with van der Waals surface area (Å²) in [5.74, 6) is 6.01. The lowest BCUT2D eigenvalue weighted by Crippen LogP contribution is -2.69. The van der Waals surface area contributed by atoms with Gasteiger partial charge in [0, 0.05) is 12.1 Å². The lowest BCUT2D eigenvalue weighted by Gasteiger charge is -2.49. The van der Waals surface area contributed by atoms with Crippen molar-refractivity contribution >= 4 is 22.2 Å². The van der Waals surface area contributed by atoms with Crippen molar-refractivity contribution in [3.8, 4) is 11.8 Å². The zero-order valence-electron chi connectivity index (χ0n) is 18.6. The SMILES string of the molecule is CC#CCNC1(C)CCCN(n2c(=O)[nH]c3nc[nH]c3c2=O)C1Cc1ccc2nc[nH]c2c1. The monoisotopic (exact) mass is 446 g/mol. The van der Waals surface area contributed by atoms with E-state index in [1.165, 1.54) is 11.0 Å². The van der Waals surface area contributed by atoms with E-state index in [4.69, 9.17) is 0 Å². The van der Waals surface area contributed by atoms with Crippen LogP contribution in [0, 0.1) is 11.8 Å². The fraction of sp³-hybridized carbons (Fsp3) is 0.391. The normalized spacial score (nSPS) is 20.8. The lowest BCUT2D eigenvalue weighted by atomic mass is 9.80. The van der Waals surface area contributed by atoms with E-state index in [-0.39, 0.29) is 22.7 Å². The van der Waals surface area contributed by atoms with Gasteiger partial charge in [-0.05, 0) is 50.8 Å². The van der Waals surface area contributed by atoms with Crippen LogP contribution in [-0.2, 0) is 6.42 Å². The van der Waals surface area contributed by atoms with Crippen LogP contribution in [0.4, 0.5) is 0 Å². The number of benzene rings is 1. The summed E-state index contributed by atoms with van der Waals surface area (Å²) in [4.78, 5) is 43.4. The maximum atomic E-state index is 13.3. The van der Waals surface area contributed by atoms with E-state index in [9.17, 15) is 9.59 Å². The highest BCUT2D eigenvalue weighted by molar-refractivity contribution is 5.75. The van der Waals surface area contributed by atoms with E-state index in [0.717, 1.165) is 29.4 Å². The summed E-state index contributed by atoms with van der Waals surface area (Å²) in [6, 6.07) is 5.93. The molecule has 4 heterocycles. The Hall–Kier alpha value is -3.84. The van der Waals surface area contributed by atoms with E-state index in [2.05, 4.69) is 55.1 Å². The number of imidazole rings is 2. The van der Waals surface area contributed by atoms with Crippen LogP contribution >= 0.6 is 0 Å². The van der Waals surface area contributed by atoms with Gasteiger partial charge in [-0.25, -0.2) is 14.8 Å². The molecule has 2 unspecified atom stereocenters. The number of nitrogens with one attached hydrogen (secondary N) is 4. The molecule has 0 aliphatic carbocycles. The van der Waals surface area contributed by atoms with E-state index < -0.39 is 11.2 Å².